The van der Waals surface area contributed by atoms with E-state index in [2.05, 4.69) is 15.5 Å². The maximum atomic E-state index is 12.5. The van der Waals surface area contributed by atoms with Crippen LogP contribution in [0, 0.1) is 0 Å². The van der Waals surface area contributed by atoms with Gasteiger partial charge in [0.15, 0.2) is 0 Å². The monoisotopic (exact) mass is 373 g/mol. The predicted molar refractivity (Wildman–Crippen MR) is 104 cm³/mol. The van der Waals surface area contributed by atoms with Gasteiger partial charge in [-0.15, -0.1) is 11.3 Å². The Hall–Kier alpha value is -2.38. The fraction of sp³-hybridized carbons (Fsp3) is 0.368. The second-order valence-corrected chi connectivity index (χ2v) is 6.96. The number of rotatable bonds is 6. The third-order valence-corrected chi connectivity index (χ3v) is 5.30. The van der Waals surface area contributed by atoms with E-state index in [4.69, 9.17) is 4.74 Å². The number of anilines is 1. The van der Waals surface area contributed by atoms with E-state index in [1.807, 2.05) is 43.3 Å². The van der Waals surface area contributed by atoms with Gasteiger partial charge in [0, 0.05) is 25.2 Å². The predicted octanol–water partition coefficient (Wildman–Crippen LogP) is 2.12. The summed E-state index contributed by atoms with van der Waals surface area (Å²) < 4.78 is 5.45. The van der Waals surface area contributed by atoms with Crippen LogP contribution in [-0.2, 0) is 9.53 Å². The lowest BCUT2D eigenvalue weighted by Gasteiger charge is -2.28. The number of hydrogen-bond acceptors (Lipinski definition) is 5. The van der Waals surface area contributed by atoms with Crippen LogP contribution in [0.1, 0.15) is 16.6 Å². The lowest BCUT2D eigenvalue weighted by atomic mass is 10.1. The lowest BCUT2D eigenvalue weighted by molar-refractivity contribution is -0.120. The first kappa shape index (κ1) is 18.4. The van der Waals surface area contributed by atoms with Crippen LogP contribution in [0.2, 0.25) is 0 Å². The number of thiophene rings is 1. The van der Waals surface area contributed by atoms with Crippen LogP contribution in [0.5, 0.6) is 0 Å². The fourth-order valence-electron chi connectivity index (χ4n) is 2.83. The quantitative estimate of drug-likeness (QED) is 0.814. The number of nitrogens with zero attached hydrogens (tertiary/aromatic N) is 1. The third kappa shape index (κ3) is 4.42. The molecule has 7 heteroatoms. The van der Waals surface area contributed by atoms with E-state index in [9.17, 15) is 9.59 Å². The zero-order chi connectivity index (χ0) is 18.4. The van der Waals surface area contributed by atoms with Gasteiger partial charge in [-0.3, -0.25) is 9.59 Å². The topological polar surface area (TPSA) is 70.7 Å². The SMILES string of the molecule is CCNC(=O)CNC(=O)c1cc(-c2ccccc2)c(N2CCOCC2)s1. The minimum Gasteiger partial charge on any atom is -0.378 e. The smallest absolute Gasteiger partial charge is 0.261 e. The fourth-order valence-corrected chi connectivity index (χ4v) is 3.97. The summed E-state index contributed by atoms with van der Waals surface area (Å²) >= 11 is 1.46. The molecule has 2 amide bonds. The molecule has 138 valence electrons. The number of amides is 2. The molecule has 0 radical (unpaired) electrons. The first-order valence-corrected chi connectivity index (χ1v) is 9.57. The minimum absolute atomic E-state index is 0.0157. The number of hydrogen-bond donors (Lipinski definition) is 2. The highest BCUT2D eigenvalue weighted by molar-refractivity contribution is 7.18. The standard InChI is InChI=1S/C19H23N3O3S/c1-2-20-17(23)13-21-18(24)16-12-15(14-6-4-3-5-7-14)19(26-16)22-8-10-25-11-9-22/h3-7,12H,2,8-11,13H2,1H3,(H,20,23)(H,21,24). The molecule has 1 fully saturated rings. The Morgan fingerprint density at radius 3 is 2.58 bits per heavy atom. The molecular weight excluding hydrogens is 350 g/mol. The van der Waals surface area contributed by atoms with Gasteiger partial charge in [-0.05, 0) is 18.6 Å². The lowest BCUT2D eigenvalue weighted by Crippen LogP contribution is -2.36. The highest BCUT2D eigenvalue weighted by Gasteiger charge is 2.22. The van der Waals surface area contributed by atoms with Crippen molar-refractivity contribution < 1.29 is 14.3 Å². The third-order valence-electron chi connectivity index (χ3n) is 4.10. The molecule has 3 rings (SSSR count). The Kier molecular flexibility index (Phi) is 6.25. The van der Waals surface area contributed by atoms with Gasteiger partial charge in [-0.2, -0.15) is 0 Å². The van der Waals surface area contributed by atoms with Gasteiger partial charge in [0.2, 0.25) is 5.91 Å². The van der Waals surface area contributed by atoms with Crippen molar-refractivity contribution in [2.24, 2.45) is 0 Å². The Morgan fingerprint density at radius 2 is 1.88 bits per heavy atom. The summed E-state index contributed by atoms with van der Waals surface area (Å²) in [4.78, 5) is 27.0. The van der Waals surface area contributed by atoms with Crippen molar-refractivity contribution in [1.29, 1.82) is 0 Å². The molecule has 26 heavy (non-hydrogen) atoms. The molecule has 2 heterocycles. The molecule has 1 aliphatic rings. The minimum atomic E-state index is -0.224. The summed E-state index contributed by atoms with van der Waals surface area (Å²) in [5.74, 6) is -0.410. The molecular formula is C19H23N3O3S. The van der Waals surface area contributed by atoms with Crippen molar-refractivity contribution in [3.63, 3.8) is 0 Å². The van der Waals surface area contributed by atoms with Gasteiger partial charge < -0.3 is 20.3 Å². The molecule has 0 saturated carbocycles. The average Bonchev–Trinajstić information content (AvgIpc) is 3.13. The summed E-state index contributed by atoms with van der Waals surface area (Å²) in [6, 6.07) is 12.0. The summed E-state index contributed by atoms with van der Waals surface area (Å²) in [5, 5.41) is 6.44. The summed E-state index contributed by atoms with van der Waals surface area (Å²) in [6.07, 6.45) is 0. The highest BCUT2D eigenvalue weighted by atomic mass is 32.1. The Labute approximate surface area is 157 Å². The number of morpholine rings is 1. The molecule has 6 nitrogen and oxygen atoms in total. The largest absolute Gasteiger partial charge is 0.378 e. The maximum Gasteiger partial charge on any atom is 0.261 e. The van der Waals surface area contributed by atoms with E-state index >= 15 is 0 Å². The van der Waals surface area contributed by atoms with Crippen LogP contribution in [0.4, 0.5) is 5.00 Å². The molecule has 1 saturated heterocycles. The normalized spacial score (nSPS) is 14.1. The van der Waals surface area contributed by atoms with Crippen LogP contribution in [-0.4, -0.2) is 51.2 Å². The van der Waals surface area contributed by atoms with Crippen LogP contribution in [0.3, 0.4) is 0 Å². The van der Waals surface area contributed by atoms with Gasteiger partial charge in [0.25, 0.3) is 5.91 Å². The van der Waals surface area contributed by atoms with Crippen molar-refractivity contribution >= 4 is 28.2 Å². The second kappa shape index (κ2) is 8.82. The Balaban J connectivity index is 1.83. The van der Waals surface area contributed by atoms with Gasteiger partial charge in [0.05, 0.1) is 29.6 Å². The zero-order valence-electron chi connectivity index (χ0n) is 14.8. The van der Waals surface area contributed by atoms with Crippen molar-refractivity contribution in [3.8, 4) is 11.1 Å². The summed E-state index contributed by atoms with van der Waals surface area (Å²) in [5.41, 5.74) is 2.12. The van der Waals surface area contributed by atoms with E-state index in [1.165, 1.54) is 11.3 Å². The first-order valence-electron chi connectivity index (χ1n) is 8.76. The van der Waals surface area contributed by atoms with Crippen LogP contribution < -0.4 is 15.5 Å². The molecule has 0 spiro atoms. The van der Waals surface area contributed by atoms with Crippen LogP contribution in [0.15, 0.2) is 36.4 Å². The molecule has 2 N–H and O–H groups in total. The van der Waals surface area contributed by atoms with Gasteiger partial charge in [0.1, 0.15) is 0 Å². The van der Waals surface area contributed by atoms with E-state index in [0.717, 1.165) is 29.2 Å². The molecule has 0 unspecified atom stereocenters. The second-order valence-electron chi connectivity index (χ2n) is 5.93. The highest BCUT2D eigenvalue weighted by Crippen LogP contribution is 2.39. The van der Waals surface area contributed by atoms with Crippen molar-refractivity contribution in [1.82, 2.24) is 10.6 Å². The molecule has 1 aromatic carbocycles. The van der Waals surface area contributed by atoms with Crippen LogP contribution in [0.25, 0.3) is 11.1 Å². The van der Waals surface area contributed by atoms with Gasteiger partial charge in [-0.25, -0.2) is 0 Å². The molecule has 0 aliphatic carbocycles. The maximum absolute atomic E-state index is 12.5. The number of carbonyl (C=O) groups is 2. The molecule has 1 aliphatic heterocycles. The number of likely N-dealkylation sites (N-methyl/N-ethyl adjacent to an activating group) is 1. The van der Waals surface area contributed by atoms with E-state index in [-0.39, 0.29) is 18.4 Å². The number of ether oxygens (including phenoxy) is 1. The van der Waals surface area contributed by atoms with Crippen molar-refractivity contribution in [3.05, 3.63) is 41.3 Å². The molecule has 0 atom stereocenters. The Morgan fingerprint density at radius 1 is 1.15 bits per heavy atom. The average molecular weight is 373 g/mol. The number of nitrogens with one attached hydrogen (secondary N) is 2. The molecule has 0 bridgehead atoms. The van der Waals surface area contributed by atoms with E-state index in [1.54, 1.807) is 0 Å². The Bertz CT molecular complexity index is 755. The molecule has 1 aromatic heterocycles. The zero-order valence-corrected chi connectivity index (χ0v) is 15.6. The van der Waals surface area contributed by atoms with Crippen molar-refractivity contribution in [2.75, 3.05) is 44.3 Å². The van der Waals surface area contributed by atoms with E-state index < -0.39 is 0 Å². The molecule has 2 aromatic rings. The van der Waals surface area contributed by atoms with Gasteiger partial charge >= 0.3 is 0 Å². The summed E-state index contributed by atoms with van der Waals surface area (Å²) in [7, 11) is 0. The number of benzene rings is 1. The van der Waals surface area contributed by atoms with E-state index in [0.29, 0.717) is 24.6 Å². The summed E-state index contributed by atoms with van der Waals surface area (Å²) in [6.45, 7) is 5.36. The van der Waals surface area contributed by atoms with Gasteiger partial charge in [-0.1, -0.05) is 30.3 Å². The van der Waals surface area contributed by atoms with Crippen molar-refractivity contribution in [2.45, 2.75) is 6.92 Å². The van der Waals surface area contributed by atoms with Crippen LogP contribution >= 0.6 is 11.3 Å². The number of carbonyl (C=O) groups excluding carboxylic acids is 2. The first-order chi connectivity index (χ1) is 12.7.